The summed E-state index contributed by atoms with van der Waals surface area (Å²) in [5.41, 5.74) is 1.79. The molecular weight excluding hydrogens is 152 g/mol. The van der Waals surface area contributed by atoms with Gasteiger partial charge in [0.05, 0.1) is 12.7 Å². The number of hydrogen-bond acceptors (Lipinski definition) is 2. The van der Waals surface area contributed by atoms with Gasteiger partial charge in [-0.15, -0.1) is 0 Å². The summed E-state index contributed by atoms with van der Waals surface area (Å²) in [5.74, 6) is 0. The van der Waals surface area contributed by atoms with Gasteiger partial charge in [0.2, 0.25) is 0 Å². The van der Waals surface area contributed by atoms with Crippen molar-refractivity contribution in [2.75, 3.05) is 0 Å². The molecule has 1 aromatic rings. The second-order valence-electron chi connectivity index (χ2n) is 2.82. The third kappa shape index (κ3) is 2.06. The fourth-order valence-corrected chi connectivity index (χ4v) is 1.08. The summed E-state index contributed by atoms with van der Waals surface area (Å²) >= 11 is 0. The Hall–Kier alpha value is -0.860. The smallest absolute Gasteiger partial charge is 0.0787 e. The highest BCUT2D eigenvalue weighted by atomic mass is 16.3. The SMILES string of the molecule is CCC(O)c1ccc(CO)cc1. The second kappa shape index (κ2) is 4.24. The van der Waals surface area contributed by atoms with Crippen LogP contribution in [0.4, 0.5) is 0 Å². The van der Waals surface area contributed by atoms with Crippen molar-refractivity contribution in [2.45, 2.75) is 26.1 Å². The van der Waals surface area contributed by atoms with E-state index in [1.54, 1.807) is 0 Å². The first-order valence-electron chi connectivity index (χ1n) is 4.15. The Morgan fingerprint density at radius 2 is 1.83 bits per heavy atom. The molecule has 0 heterocycles. The van der Waals surface area contributed by atoms with Crippen LogP contribution in [0.3, 0.4) is 0 Å². The molecule has 0 spiro atoms. The standard InChI is InChI=1S/C10H14O2/c1-2-10(12)9-5-3-8(7-11)4-6-9/h3-6,10-12H,2,7H2,1H3. The van der Waals surface area contributed by atoms with Gasteiger partial charge < -0.3 is 10.2 Å². The van der Waals surface area contributed by atoms with Crippen molar-refractivity contribution in [2.24, 2.45) is 0 Å². The summed E-state index contributed by atoms with van der Waals surface area (Å²) in [6, 6.07) is 7.35. The van der Waals surface area contributed by atoms with Gasteiger partial charge in [-0.1, -0.05) is 31.2 Å². The zero-order valence-corrected chi connectivity index (χ0v) is 7.20. The molecule has 2 heteroatoms. The minimum Gasteiger partial charge on any atom is -0.392 e. The fraction of sp³-hybridized carbons (Fsp3) is 0.400. The quantitative estimate of drug-likeness (QED) is 0.716. The summed E-state index contributed by atoms with van der Waals surface area (Å²) in [6.45, 7) is 1.99. The molecular formula is C10H14O2. The van der Waals surface area contributed by atoms with Gasteiger partial charge >= 0.3 is 0 Å². The van der Waals surface area contributed by atoms with Gasteiger partial charge in [-0.2, -0.15) is 0 Å². The molecule has 0 aliphatic heterocycles. The molecule has 1 aromatic carbocycles. The number of benzene rings is 1. The van der Waals surface area contributed by atoms with Crippen LogP contribution in [0, 0.1) is 0 Å². The van der Waals surface area contributed by atoms with Gasteiger partial charge in [-0.3, -0.25) is 0 Å². The summed E-state index contributed by atoms with van der Waals surface area (Å²) in [6.07, 6.45) is 0.344. The topological polar surface area (TPSA) is 40.5 Å². The lowest BCUT2D eigenvalue weighted by molar-refractivity contribution is 0.173. The van der Waals surface area contributed by atoms with E-state index in [2.05, 4.69) is 0 Å². The van der Waals surface area contributed by atoms with Gasteiger partial charge in [0, 0.05) is 0 Å². The third-order valence-corrected chi connectivity index (χ3v) is 1.93. The van der Waals surface area contributed by atoms with Crippen molar-refractivity contribution in [3.8, 4) is 0 Å². The van der Waals surface area contributed by atoms with E-state index in [1.807, 2.05) is 31.2 Å². The molecule has 0 aliphatic carbocycles. The molecule has 2 N–H and O–H groups in total. The molecule has 1 atom stereocenters. The molecule has 1 rings (SSSR count). The predicted octanol–water partition coefficient (Wildman–Crippen LogP) is 1.62. The lowest BCUT2D eigenvalue weighted by atomic mass is 10.1. The molecule has 0 bridgehead atoms. The summed E-state index contributed by atoms with van der Waals surface area (Å²) in [5, 5.41) is 18.2. The van der Waals surface area contributed by atoms with E-state index in [1.165, 1.54) is 0 Å². The molecule has 0 aliphatic rings. The first-order valence-corrected chi connectivity index (χ1v) is 4.15. The van der Waals surface area contributed by atoms with Gasteiger partial charge in [0.15, 0.2) is 0 Å². The van der Waals surface area contributed by atoms with Crippen LogP contribution in [0.5, 0.6) is 0 Å². The number of aliphatic hydroxyl groups is 2. The highest BCUT2D eigenvalue weighted by Crippen LogP contribution is 2.16. The third-order valence-electron chi connectivity index (χ3n) is 1.93. The van der Waals surface area contributed by atoms with Gasteiger partial charge in [0.25, 0.3) is 0 Å². The van der Waals surface area contributed by atoms with Crippen LogP contribution in [0.15, 0.2) is 24.3 Å². The monoisotopic (exact) mass is 166 g/mol. The largest absolute Gasteiger partial charge is 0.392 e. The Bertz CT molecular complexity index is 228. The Morgan fingerprint density at radius 1 is 1.25 bits per heavy atom. The van der Waals surface area contributed by atoms with Gasteiger partial charge in [-0.25, -0.2) is 0 Å². The second-order valence-corrected chi connectivity index (χ2v) is 2.82. The Morgan fingerprint density at radius 3 is 2.25 bits per heavy atom. The summed E-state index contributed by atoms with van der Waals surface area (Å²) in [7, 11) is 0. The number of hydrogen-bond donors (Lipinski definition) is 2. The van der Waals surface area contributed by atoms with Crippen LogP contribution in [0.2, 0.25) is 0 Å². The van der Waals surface area contributed by atoms with E-state index in [4.69, 9.17) is 5.11 Å². The molecule has 0 radical (unpaired) electrons. The Kier molecular flexibility index (Phi) is 3.26. The summed E-state index contributed by atoms with van der Waals surface area (Å²) < 4.78 is 0. The van der Waals surface area contributed by atoms with Crippen molar-refractivity contribution < 1.29 is 10.2 Å². The minimum absolute atomic E-state index is 0.0580. The van der Waals surface area contributed by atoms with E-state index in [0.717, 1.165) is 17.5 Å². The first-order chi connectivity index (χ1) is 5.77. The average Bonchev–Trinajstić information content (AvgIpc) is 2.17. The molecule has 1 unspecified atom stereocenters. The van der Waals surface area contributed by atoms with Gasteiger partial charge in [0.1, 0.15) is 0 Å². The molecule has 2 nitrogen and oxygen atoms in total. The van der Waals surface area contributed by atoms with Crippen LogP contribution in [-0.4, -0.2) is 10.2 Å². The lowest BCUT2D eigenvalue weighted by Crippen LogP contribution is -1.95. The van der Waals surface area contributed by atoms with Crippen molar-refractivity contribution in [1.29, 1.82) is 0 Å². The van der Waals surface area contributed by atoms with Crippen LogP contribution in [-0.2, 0) is 6.61 Å². The summed E-state index contributed by atoms with van der Waals surface area (Å²) in [4.78, 5) is 0. The van der Waals surface area contributed by atoms with E-state index in [0.29, 0.717) is 0 Å². The van der Waals surface area contributed by atoms with Crippen molar-refractivity contribution in [3.05, 3.63) is 35.4 Å². The van der Waals surface area contributed by atoms with E-state index >= 15 is 0 Å². The van der Waals surface area contributed by atoms with Crippen LogP contribution in [0.25, 0.3) is 0 Å². The maximum absolute atomic E-state index is 9.43. The Balaban J connectivity index is 2.77. The van der Waals surface area contributed by atoms with Crippen molar-refractivity contribution in [1.82, 2.24) is 0 Å². The number of rotatable bonds is 3. The maximum Gasteiger partial charge on any atom is 0.0787 e. The molecule has 0 fully saturated rings. The van der Waals surface area contributed by atoms with Crippen molar-refractivity contribution in [3.63, 3.8) is 0 Å². The highest BCUT2D eigenvalue weighted by Gasteiger charge is 2.02. The molecule has 66 valence electrons. The van der Waals surface area contributed by atoms with Crippen LogP contribution in [0.1, 0.15) is 30.6 Å². The molecule has 12 heavy (non-hydrogen) atoms. The normalized spacial score (nSPS) is 12.9. The zero-order valence-electron chi connectivity index (χ0n) is 7.20. The lowest BCUT2D eigenvalue weighted by Gasteiger charge is -2.07. The zero-order chi connectivity index (χ0) is 8.97. The molecule has 0 saturated heterocycles. The molecule has 0 amide bonds. The highest BCUT2D eigenvalue weighted by molar-refractivity contribution is 5.23. The first kappa shape index (κ1) is 9.23. The maximum atomic E-state index is 9.43. The van der Waals surface area contributed by atoms with Gasteiger partial charge in [-0.05, 0) is 17.5 Å². The van der Waals surface area contributed by atoms with E-state index in [-0.39, 0.29) is 12.7 Å². The van der Waals surface area contributed by atoms with E-state index < -0.39 is 0 Å². The Labute approximate surface area is 72.5 Å². The average molecular weight is 166 g/mol. The fourth-order valence-electron chi connectivity index (χ4n) is 1.08. The van der Waals surface area contributed by atoms with Crippen LogP contribution < -0.4 is 0 Å². The van der Waals surface area contributed by atoms with Crippen molar-refractivity contribution >= 4 is 0 Å². The molecule has 0 saturated carbocycles. The van der Waals surface area contributed by atoms with E-state index in [9.17, 15) is 5.11 Å². The van der Waals surface area contributed by atoms with Crippen LogP contribution >= 0.6 is 0 Å². The predicted molar refractivity (Wildman–Crippen MR) is 47.6 cm³/mol. The number of aliphatic hydroxyl groups excluding tert-OH is 2. The minimum atomic E-state index is -0.377. The molecule has 0 aromatic heterocycles.